The van der Waals surface area contributed by atoms with Crippen molar-refractivity contribution in [1.29, 1.82) is 0 Å². The molecular weight excluding hydrogens is 382 g/mol. The van der Waals surface area contributed by atoms with E-state index in [1.54, 1.807) is 30.4 Å². The molecule has 0 bridgehead atoms. The predicted octanol–water partition coefficient (Wildman–Crippen LogP) is 4.59. The van der Waals surface area contributed by atoms with Crippen LogP contribution in [0.3, 0.4) is 0 Å². The molecule has 1 aliphatic rings. The molecule has 1 heterocycles. The van der Waals surface area contributed by atoms with Gasteiger partial charge < -0.3 is 4.74 Å². The van der Waals surface area contributed by atoms with Crippen LogP contribution in [0.25, 0.3) is 0 Å². The molecule has 5 nitrogen and oxygen atoms in total. The number of hydrogen-bond donors (Lipinski definition) is 0. The van der Waals surface area contributed by atoms with Crippen LogP contribution in [0, 0.1) is 0 Å². The van der Waals surface area contributed by atoms with E-state index in [9.17, 15) is 4.79 Å². The lowest BCUT2D eigenvalue weighted by molar-refractivity contribution is -0.126. The fraction of sp³-hybridized carbons (Fsp3) is 0.250. The maximum absolute atomic E-state index is 12.7. The molecule has 1 atom stereocenters. The summed E-state index contributed by atoms with van der Waals surface area (Å²) in [6.45, 7) is 2.46. The average molecular weight is 402 g/mol. The van der Waals surface area contributed by atoms with E-state index in [1.165, 1.54) is 11.8 Å². The molecule has 0 aliphatic carbocycles. The average Bonchev–Trinajstić information content (AvgIpc) is 2.99. The van der Waals surface area contributed by atoms with Gasteiger partial charge in [-0.05, 0) is 41.8 Å². The third-order valence-electron chi connectivity index (χ3n) is 4.11. The summed E-state index contributed by atoms with van der Waals surface area (Å²) < 4.78 is 5.18. The van der Waals surface area contributed by atoms with Gasteiger partial charge in [-0.2, -0.15) is 5.10 Å². The molecule has 140 valence electrons. The molecule has 1 amide bonds. The van der Waals surface area contributed by atoms with E-state index in [-0.39, 0.29) is 11.2 Å². The molecule has 2 aromatic rings. The lowest BCUT2D eigenvalue weighted by atomic mass is 10.2. The zero-order valence-electron chi connectivity index (χ0n) is 15.1. The Hall–Kier alpha value is -2.31. The number of amides is 1. The SMILES string of the molecule is CC[C@H]1S/C(=N\N=C/c2ccc(Cl)cc2)N(Cc2ccc(OC)cc2)C1=O. The van der Waals surface area contributed by atoms with Crippen molar-refractivity contribution >= 4 is 40.7 Å². The Morgan fingerprint density at radius 2 is 1.89 bits per heavy atom. The minimum absolute atomic E-state index is 0.0683. The minimum Gasteiger partial charge on any atom is -0.497 e. The fourth-order valence-electron chi connectivity index (χ4n) is 2.60. The van der Waals surface area contributed by atoms with Crippen molar-refractivity contribution in [2.24, 2.45) is 10.2 Å². The number of carbonyl (C=O) groups is 1. The normalized spacial score (nSPS) is 18.6. The lowest BCUT2D eigenvalue weighted by Gasteiger charge is -2.16. The number of nitrogens with zero attached hydrogens (tertiary/aromatic N) is 3. The lowest BCUT2D eigenvalue weighted by Crippen LogP contribution is -2.31. The molecule has 2 aromatic carbocycles. The maximum atomic E-state index is 12.7. The van der Waals surface area contributed by atoms with Crippen molar-refractivity contribution in [3.05, 3.63) is 64.7 Å². The number of benzene rings is 2. The number of thioether (sulfide) groups is 1. The maximum Gasteiger partial charge on any atom is 0.242 e. The van der Waals surface area contributed by atoms with Crippen LogP contribution >= 0.6 is 23.4 Å². The minimum atomic E-state index is -0.118. The van der Waals surface area contributed by atoms with Crippen molar-refractivity contribution < 1.29 is 9.53 Å². The van der Waals surface area contributed by atoms with Crippen LogP contribution < -0.4 is 4.74 Å². The van der Waals surface area contributed by atoms with Gasteiger partial charge >= 0.3 is 0 Å². The van der Waals surface area contributed by atoms with E-state index in [0.29, 0.717) is 16.7 Å². The van der Waals surface area contributed by atoms with Crippen LogP contribution in [0.1, 0.15) is 24.5 Å². The highest BCUT2D eigenvalue weighted by Crippen LogP contribution is 2.31. The van der Waals surface area contributed by atoms with Crippen molar-refractivity contribution in [1.82, 2.24) is 4.90 Å². The van der Waals surface area contributed by atoms with E-state index < -0.39 is 0 Å². The van der Waals surface area contributed by atoms with Gasteiger partial charge in [-0.3, -0.25) is 9.69 Å². The molecular formula is C20H20ClN3O2S. The Morgan fingerprint density at radius 3 is 2.52 bits per heavy atom. The zero-order chi connectivity index (χ0) is 19.2. The molecule has 0 N–H and O–H groups in total. The summed E-state index contributed by atoms with van der Waals surface area (Å²) in [4.78, 5) is 14.4. The number of halogens is 1. The van der Waals surface area contributed by atoms with Gasteiger partial charge in [0, 0.05) is 5.02 Å². The largest absolute Gasteiger partial charge is 0.497 e. The smallest absolute Gasteiger partial charge is 0.242 e. The molecule has 1 saturated heterocycles. The Balaban J connectivity index is 1.77. The summed E-state index contributed by atoms with van der Waals surface area (Å²) in [5.74, 6) is 0.854. The Kier molecular flexibility index (Phi) is 6.53. The highest BCUT2D eigenvalue weighted by molar-refractivity contribution is 8.15. The molecule has 0 unspecified atom stereocenters. The van der Waals surface area contributed by atoms with Gasteiger partial charge in [0.15, 0.2) is 5.17 Å². The second-order valence-electron chi connectivity index (χ2n) is 5.97. The van der Waals surface area contributed by atoms with Crippen LogP contribution in [0.4, 0.5) is 0 Å². The molecule has 0 saturated carbocycles. The molecule has 1 aliphatic heterocycles. The summed E-state index contributed by atoms with van der Waals surface area (Å²) in [7, 11) is 1.63. The number of methoxy groups -OCH3 is 1. The highest BCUT2D eigenvalue weighted by Gasteiger charge is 2.36. The summed E-state index contributed by atoms with van der Waals surface area (Å²) in [6, 6.07) is 15.0. The fourth-order valence-corrected chi connectivity index (χ4v) is 3.75. The quantitative estimate of drug-likeness (QED) is 0.525. The predicted molar refractivity (Wildman–Crippen MR) is 112 cm³/mol. The standard InChI is InChI=1S/C20H20ClN3O2S/c1-3-18-19(25)24(13-15-6-10-17(26-2)11-7-15)20(27-18)23-22-12-14-4-8-16(21)9-5-14/h4-12,18H,3,13H2,1-2H3/b22-12-,23-20-/t18-/m1/s1. The third-order valence-corrected chi connectivity index (χ3v) is 5.69. The highest BCUT2D eigenvalue weighted by atomic mass is 35.5. The molecule has 0 aromatic heterocycles. The van der Waals surface area contributed by atoms with Crippen molar-refractivity contribution in [2.45, 2.75) is 25.1 Å². The molecule has 27 heavy (non-hydrogen) atoms. The molecule has 0 radical (unpaired) electrons. The first-order chi connectivity index (χ1) is 13.1. The number of rotatable bonds is 6. The number of ether oxygens (including phenoxy) is 1. The van der Waals surface area contributed by atoms with Gasteiger partial charge in [0.2, 0.25) is 5.91 Å². The first-order valence-electron chi connectivity index (χ1n) is 8.58. The van der Waals surface area contributed by atoms with E-state index in [4.69, 9.17) is 16.3 Å². The first kappa shape index (κ1) is 19.5. The second-order valence-corrected chi connectivity index (χ2v) is 7.57. The van der Waals surface area contributed by atoms with Crippen molar-refractivity contribution in [3.8, 4) is 5.75 Å². The summed E-state index contributed by atoms with van der Waals surface area (Å²) in [5, 5.41) is 9.63. The Morgan fingerprint density at radius 1 is 1.19 bits per heavy atom. The van der Waals surface area contributed by atoms with Crippen molar-refractivity contribution in [3.63, 3.8) is 0 Å². The third kappa shape index (κ3) is 4.90. The van der Waals surface area contributed by atoms with Crippen molar-refractivity contribution in [2.75, 3.05) is 7.11 Å². The van der Waals surface area contributed by atoms with Crippen LogP contribution in [-0.4, -0.2) is 34.5 Å². The van der Waals surface area contributed by atoms with Gasteiger partial charge in [0.1, 0.15) is 5.75 Å². The summed E-state index contributed by atoms with van der Waals surface area (Å²) in [5.41, 5.74) is 1.91. The van der Waals surface area contributed by atoms with E-state index in [2.05, 4.69) is 10.2 Å². The van der Waals surface area contributed by atoms with Crippen LogP contribution in [0.15, 0.2) is 58.7 Å². The monoisotopic (exact) mass is 401 g/mol. The van der Waals surface area contributed by atoms with Gasteiger partial charge in [-0.25, -0.2) is 0 Å². The number of hydrogen-bond acceptors (Lipinski definition) is 5. The summed E-state index contributed by atoms with van der Waals surface area (Å²) in [6.07, 6.45) is 2.40. The Labute approximate surface area is 168 Å². The number of amidine groups is 1. The van der Waals surface area contributed by atoms with Gasteiger partial charge in [0.05, 0.1) is 25.1 Å². The van der Waals surface area contributed by atoms with Gasteiger partial charge in [-0.1, -0.05) is 54.6 Å². The molecule has 7 heteroatoms. The number of carbonyl (C=O) groups excluding carboxylic acids is 1. The molecule has 0 spiro atoms. The Bertz CT molecular complexity index is 851. The van der Waals surface area contributed by atoms with E-state index >= 15 is 0 Å². The van der Waals surface area contributed by atoms with E-state index in [1.807, 2.05) is 43.3 Å². The van der Waals surface area contributed by atoms with Crippen LogP contribution in [0.2, 0.25) is 5.02 Å². The first-order valence-corrected chi connectivity index (χ1v) is 9.84. The van der Waals surface area contributed by atoms with Crippen LogP contribution in [0.5, 0.6) is 5.75 Å². The topological polar surface area (TPSA) is 54.3 Å². The van der Waals surface area contributed by atoms with Gasteiger partial charge in [0.25, 0.3) is 0 Å². The second kappa shape index (κ2) is 9.06. The zero-order valence-corrected chi connectivity index (χ0v) is 16.7. The van der Waals surface area contributed by atoms with Crippen LogP contribution in [-0.2, 0) is 11.3 Å². The van der Waals surface area contributed by atoms with E-state index in [0.717, 1.165) is 23.3 Å². The molecule has 1 fully saturated rings. The van der Waals surface area contributed by atoms with Gasteiger partial charge in [-0.15, -0.1) is 5.10 Å². The summed E-state index contributed by atoms with van der Waals surface area (Å²) >= 11 is 7.34. The molecule has 3 rings (SSSR count).